The second-order valence-corrected chi connectivity index (χ2v) is 6.96. The number of ether oxygens (including phenoxy) is 2. The number of benzene rings is 1. The molecule has 24 heavy (non-hydrogen) atoms. The van der Waals surface area contributed by atoms with Gasteiger partial charge in [0.15, 0.2) is 0 Å². The van der Waals surface area contributed by atoms with Crippen LogP contribution in [0.3, 0.4) is 0 Å². The summed E-state index contributed by atoms with van der Waals surface area (Å²) in [6.45, 7) is 0. The van der Waals surface area contributed by atoms with Gasteiger partial charge < -0.3 is 9.47 Å². The lowest BCUT2D eigenvalue weighted by molar-refractivity contribution is 0.0602. The molecule has 128 valence electrons. The van der Waals surface area contributed by atoms with Gasteiger partial charge >= 0.3 is 5.97 Å². The van der Waals surface area contributed by atoms with Crippen molar-refractivity contribution in [2.45, 2.75) is 4.90 Å². The highest BCUT2D eigenvalue weighted by Gasteiger charge is 2.25. The molecule has 0 aliphatic carbocycles. The lowest BCUT2D eigenvalue weighted by atomic mass is 10.2. The van der Waals surface area contributed by atoms with E-state index in [0.29, 0.717) is 5.75 Å². The molecule has 0 aliphatic rings. The van der Waals surface area contributed by atoms with E-state index in [1.165, 1.54) is 30.7 Å². The van der Waals surface area contributed by atoms with Crippen molar-refractivity contribution in [1.29, 1.82) is 0 Å². The van der Waals surface area contributed by atoms with Crippen molar-refractivity contribution in [2.24, 2.45) is 0 Å². The highest BCUT2D eigenvalue weighted by Crippen LogP contribution is 2.22. The Balaban J connectivity index is 2.11. The van der Waals surface area contributed by atoms with Crippen molar-refractivity contribution in [3.05, 3.63) is 46.2 Å². The van der Waals surface area contributed by atoms with Gasteiger partial charge in [0, 0.05) is 5.56 Å². The monoisotopic (exact) mass is 370 g/mol. The van der Waals surface area contributed by atoms with Crippen LogP contribution in [0, 0.1) is 0 Å². The molecule has 0 saturated heterocycles. The van der Waals surface area contributed by atoms with Crippen LogP contribution < -0.4 is 15.0 Å². The molecule has 2 N–H and O–H groups in total. The van der Waals surface area contributed by atoms with Gasteiger partial charge in [0.05, 0.1) is 14.2 Å². The van der Waals surface area contributed by atoms with E-state index in [4.69, 9.17) is 4.74 Å². The Labute approximate surface area is 142 Å². The molecule has 0 unspecified atom stereocenters. The zero-order valence-electron chi connectivity index (χ0n) is 12.7. The molecular weight excluding hydrogens is 356 g/mol. The van der Waals surface area contributed by atoms with Gasteiger partial charge in [-0.15, -0.1) is 16.2 Å². The Morgan fingerprint density at radius 2 is 1.75 bits per heavy atom. The van der Waals surface area contributed by atoms with E-state index in [9.17, 15) is 18.0 Å². The molecular formula is C14H14N2O6S2. The summed E-state index contributed by atoms with van der Waals surface area (Å²) in [5, 5.41) is 1.44. The summed E-state index contributed by atoms with van der Waals surface area (Å²) in [7, 11) is -1.48. The second kappa shape index (κ2) is 7.43. The highest BCUT2D eigenvalue weighted by molar-refractivity contribution is 7.89. The van der Waals surface area contributed by atoms with E-state index < -0.39 is 21.9 Å². The molecule has 0 atom stereocenters. The zero-order chi connectivity index (χ0) is 17.7. The number of methoxy groups -OCH3 is 2. The summed E-state index contributed by atoms with van der Waals surface area (Å²) in [6, 6.07) is 7.34. The summed E-state index contributed by atoms with van der Waals surface area (Å²) in [5.41, 5.74) is 2.32. The molecule has 0 aliphatic heterocycles. The number of amides is 1. The quantitative estimate of drug-likeness (QED) is 0.583. The third kappa shape index (κ3) is 3.91. The molecule has 1 aromatic heterocycles. The minimum Gasteiger partial charge on any atom is -0.497 e. The van der Waals surface area contributed by atoms with Crippen molar-refractivity contribution >= 4 is 33.2 Å². The molecule has 0 radical (unpaired) electrons. The average Bonchev–Trinajstić information content (AvgIpc) is 3.10. The third-order valence-corrected chi connectivity index (χ3v) is 5.25. The molecule has 2 rings (SSSR count). The Bertz CT molecular complexity index is 842. The predicted octanol–water partition coefficient (Wildman–Crippen LogP) is 1.17. The summed E-state index contributed by atoms with van der Waals surface area (Å²) >= 11 is 0.924. The van der Waals surface area contributed by atoms with E-state index in [0.717, 1.165) is 18.4 Å². The largest absolute Gasteiger partial charge is 0.497 e. The maximum Gasteiger partial charge on any atom is 0.349 e. The van der Waals surface area contributed by atoms with Gasteiger partial charge in [-0.25, -0.2) is 13.2 Å². The minimum atomic E-state index is -4.12. The van der Waals surface area contributed by atoms with Crippen LogP contribution in [0.4, 0.5) is 0 Å². The molecule has 0 fully saturated rings. The minimum absolute atomic E-state index is 0.0799. The van der Waals surface area contributed by atoms with E-state index in [1.807, 2.05) is 4.83 Å². The number of rotatable bonds is 6. The van der Waals surface area contributed by atoms with Crippen molar-refractivity contribution < 1.29 is 27.5 Å². The molecule has 1 amide bonds. The van der Waals surface area contributed by atoms with E-state index in [-0.39, 0.29) is 15.3 Å². The number of hydrogen-bond acceptors (Lipinski definition) is 7. The Morgan fingerprint density at radius 3 is 2.33 bits per heavy atom. The molecule has 0 saturated carbocycles. The Morgan fingerprint density at radius 1 is 1.08 bits per heavy atom. The zero-order valence-corrected chi connectivity index (χ0v) is 14.4. The molecule has 8 nitrogen and oxygen atoms in total. The molecule has 0 spiro atoms. The first-order chi connectivity index (χ1) is 11.4. The normalized spacial score (nSPS) is 10.9. The topological polar surface area (TPSA) is 111 Å². The standard InChI is InChI=1S/C14H14N2O6S2/c1-21-10-5-3-9(4-6-10)13(17)15-16-24(19,20)11-7-8-23-12(11)14(18)22-2/h3-8,16H,1-2H3,(H,15,17). The van der Waals surface area contributed by atoms with E-state index in [1.54, 1.807) is 12.1 Å². The SMILES string of the molecule is COC(=O)c1sccc1S(=O)(=O)NNC(=O)c1ccc(OC)cc1. The van der Waals surface area contributed by atoms with E-state index >= 15 is 0 Å². The number of thiophene rings is 1. The van der Waals surface area contributed by atoms with Gasteiger partial charge in [-0.05, 0) is 35.7 Å². The van der Waals surface area contributed by atoms with Gasteiger partial charge in [0.25, 0.3) is 15.9 Å². The first kappa shape index (κ1) is 17.9. The number of carbonyl (C=O) groups excluding carboxylic acids is 2. The van der Waals surface area contributed by atoms with Crippen molar-refractivity contribution in [3.8, 4) is 5.75 Å². The van der Waals surface area contributed by atoms with Crippen LogP contribution in [-0.2, 0) is 14.8 Å². The fourth-order valence-electron chi connectivity index (χ4n) is 1.73. The Hall–Kier alpha value is -2.43. The van der Waals surface area contributed by atoms with Crippen LogP contribution in [0.5, 0.6) is 5.75 Å². The molecule has 1 aromatic carbocycles. The van der Waals surface area contributed by atoms with Crippen LogP contribution in [0.25, 0.3) is 0 Å². The number of hydrogen-bond donors (Lipinski definition) is 2. The lowest BCUT2D eigenvalue weighted by Crippen LogP contribution is -2.41. The van der Waals surface area contributed by atoms with E-state index in [2.05, 4.69) is 10.2 Å². The highest BCUT2D eigenvalue weighted by atomic mass is 32.2. The van der Waals surface area contributed by atoms with Crippen LogP contribution in [0.2, 0.25) is 0 Å². The maximum atomic E-state index is 12.2. The fraction of sp³-hybridized carbons (Fsp3) is 0.143. The fourth-order valence-corrected chi connectivity index (χ4v) is 3.91. The number of hydrazine groups is 1. The first-order valence-electron chi connectivity index (χ1n) is 6.51. The van der Waals surface area contributed by atoms with Gasteiger partial charge in [-0.2, -0.15) is 0 Å². The van der Waals surface area contributed by atoms with Crippen LogP contribution in [0.1, 0.15) is 20.0 Å². The first-order valence-corrected chi connectivity index (χ1v) is 8.87. The predicted molar refractivity (Wildman–Crippen MR) is 86.4 cm³/mol. The Kier molecular flexibility index (Phi) is 5.54. The average molecular weight is 370 g/mol. The molecule has 0 bridgehead atoms. The third-order valence-electron chi connectivity index (χ3n) is 2.94. The van der Waals surface area contributed by atoms with Gasteiger partial charge in [-0.1, -0.05) is 0 Å². The summed E-state index contributed by atoms with van der Waals surface area (Å²) < 4.78 is 33.9. The van der Waals surface area contributed by atoms with Crippen molar-refractivity contribution in [2.75, 3.05) is 14.2 Å². The molecule has 2 aromatic rings. The van der Waals surface area contributed by atoms with Gasteiger partial charge in [-0.3, -0.25) is 10.2 Å². The van der Waals surface area contributed by atoms with Gasteiger partial charge in [0.2, 0.25) is 0 Å². The lowest BCUT2D eigenvalue weighted by Gasteiger charge is -2.09. The summed E-state index contributed by atoms with van der Waals surface area (Å²) in [6.07, 6.45) is 0. The smallest absolute Gasteiger partial charge is 0.349 e. The second-order valence-electron chi connectivity index (χ2n) is 4.39. The molecule has 10 heteroatoms. The number of nitrogens with one attached hydrogen (secondary N) is 2. The van der Waals surface area contributed by atoms with Crippen molar-refractivity contribution in [3.63, 3.8) is 0 Å². The number of carbonyl (C=O) groups is 2. The summed E-state index contributed by atoms with van der Waals surface area (Å²) in [5.74, 6) is -0.865. The number of sulfonamides is 1. The van der Waals surface area contributed by atoms with Crippen LogP contribution in [0.15, 0.2) is 40.6 Å². The summed E-state index contributed by atoms with van der Waals surface area (Å²) in [4.78, 5) is 25.1. The number of esters is 1. The van der Waals surface area contributed by atoms with Crippen LogP contribution >= 0.6 is 11.3 Å². The molecule has 1 heterocycles. The van der Waals surface area contributed by atoms with Crippen LogP contribution in [-0.4, -0.2) is 34.5 Å². The van der Waals surface area contributed by atoms with Crippen molar-refractivity contribution in [1.82, 2.24) is 10.3 Å². The van der Waals surface area contributed by atoms with Gasteiger partial charge in [0.1, 0.15) is 15.5 Å². The maximum absolute atomic E-state index is 12.2.